The Balaban J connectivity index is 1.73. The van der Waals surface area contributed by atoms with Crippen LogP contribution in [-0.4, -0.2) is 16.0 Å². The van der Waals surface area contributed by atoms with Gasteiger partial charge in [0.15, 0.2) is 5.69 Å². The molecule has 0 fully saturated rings. The molecule has 122 valence electrons. The molecule has 0 aliphatic carbocycles. The molecule has 0 aliphatic rings. The summed E-state index contributed by atoms with van der Waals surface area (Å²) in [6, 6.07) is 12.5. The third-order valence-corrected chi connectivity index (χ3v) is 3.52. The van der Waals surface area contributed by atoms with Gasteiger partial charge in [0.25, 0.3) is 5.91 Å². The average Bonchev–Trinajstić information content (AvgIpc) is 2.97. The Hall–Kier alpha value is -2.86. The molecule has 0 aliphatic heterocycles. The van der Waals surface area contributed by atoms with Crippen LogP contribution < -0.4 is 10.1 Å². The minimum absolute atomic E-state index is 0.167. The van der Waals surface area contributed by atoms with Crippen molar-refractivity contribution < 1.29 is 14.1 Å². The number of benzene rings is 1. The number of carbonyl (C=O) groups excluding carboxylic acids is 1. The molecule has 2 heterocycles. The van der Waals surface area contributed by atoms with Crippen molar-refractivity contribution >= 4 is 23.3 Å². The Bertz CT molecular complexity index is 832. The van der Waals surface area contributed by atoms with Gasteiger partial charge in [-0.25, -0.2) is 4.98 Å². The van der Waals surface area contributed by atoms with Gasteiger partial charge in [0, 0.05) is 6.20 Å². The number of nitrogens with zero attached hydrogens (tertiary/aromatic N) is 2. The predicted molar refractivity (Wildman–Crippen MR) is 89.2 cm³/mol. The Labute approximate surface area is 143 Å². The molecule has 0 spiro atoms. The molecule has 1 amide bonds. The van der Waals surface area contributed by atoms with Crippen LogP contribution in [0.1, 0.15) is 21.8 Å². The highest BCUT2D eigenvalue weighted by Crippen LogP contribution is 2.19. The third kappa shape index (κ3) is 3.72. The highest BCUT2D eigenvalue weighted by molar-refractivity contribution is 6.30. The van der Waals surface area contributed by atoms with Gasteiger partial charge in [-0.2, -0.15) is 0 Å². The minimum Gasteiger partial charge on any atom is -0.489 e. The first-order valence-electron chi connectivity index (χ1n) is 7.19. The molecule has 6 nitrogen and oxygen atoms in total. The molecule has 0 atom stereocenters. The highest BCUT2D eigenvalue weighted by Gasteiger charge is 2.20. The van der Waals surface area contributed by atoms with Crippen molar-refractivity contribution in [1.29, 1.82) is 0 Å². The number of anilines is 1. The summed E-state index contributed by atoms with van der Waals surface area (Å²) in [5, 5.41) is 6.96. The van der Waals surface area contributed by atoms with Gasteiger partial charge >= 0.3 is 0 Å². The average molecular weight is 344 g/mol. The van der Waals surface area contributed by atoms with E-state index in [2.05, 4.69) is 15.5 Å². The number of para-hydroxylation sites is 1. The second-order valence-electron chi connectivity index (χ2n) is 4.98. The second kappa shape index (κ2) is 7.14. The number of ether oxygens (including phenoxy) is 1. The molecule has 0 bridgehead atoms. The van der Waals surface area contributed by atoms with Crippen LogP contribution in [0.15, 0.2) is 53.2 Å². The van der Waals surface area contributed by atoms with Gasteiger partial charge in [-0.3, -0.25) is 4.79 Å². The summed E-state index contributed by atoms with van der Waals surface area (Å²) in [4.78, 5) is 16.4. The smallest absolute Gasteiger partial charge is 0.279 e. The fraction of sp³-hybridized carbons (Fsp3) is 0.118. The molecule has 3 rings (SSSR count). The molecule has 1 N–H and O–H groups in total. The molecular weight excluding hydrogens is 330 g/mol. The zero-order valence-electron chi connectivity index (χ0n) is 12.8. The number of aryl methyl sites for hydroxylation is 1. The van der Waals surface area contributed by atoms with Crippen molar-refractivity contribution in [2.24, 2.45) is 0 Å². The van der Waals surface area contributed by atoms with E-state index in [0.717, 1.165) is 0 Å². The maximum absolute atomic E-state index is 12.4. The first kappa shape index (κ1) is 16.0. The van der Waals surface area contributed by atoms with Crippen molar-refractivity contribution in [1.82, 2.24) is 10.1 Å². The van der Waals surface area contributed by atoms with Gasteiger partial charge in [0.1, 0.15) is 23.9 Å². The number of hydrogen-bond donors (Lipinski definition) is 1. The van der Waals surface area contributed by atoms with Crippen LogP contribution in [-0.2, 0) is 6.61 Å². The first-order chi connectivity index (χ1) is 11.6. The van der Waals surface area contributed by atoms with Crippen LogP contribution >= 0.6 is 11.6 Å². The van der Waals surface area contributed by atoms with E-state index in [1.54, 1.807) is 19.1 Å². The van der Waals surface area contributed by atoms with E-state index in [9.17, 15) is 4.79 Å². The lowest BCUT2D eigenvalue weighted by Crippen LogP contribution is -2.16. The van der Waals surface area contributed by atoms with Crippen molar-refractivity contribution in [3.05, 3.63) is 70.7 Å². The zero-order chi connectivity index (χ0) is 16.9. The molecule has 3 aromatic rings. The van der Waals surface area contributed by atoms with Crippen LogP contribution in [0.4, 0.5) is 5.82 Å². The van der Waals surface area contributed by atoms with E-state index >= 15 is 0 Å². The summed E-state index contributed by atoms with van der Waals surface area (Å²) in [5.74, 6) is 1.18. The summed E-state index contributed by atoms with van der Waals surface area (Å²) in [7, 11) is 0. The number of carbonyl (C=O) groups is 1. The summed E-state index contributed by atoms with van der Waals surface area (Å²) in [6.45, 7) is 1.91. The first-order valence-corrected chi connectivity index (χ1v) is 7.57. The number of hydrogen-bond acceptors (Lipinski definition) is 5. The fourth-order valence-corrected chi connectivity index (χ4v) is 2.15. The number of amides is 1. The Morgan fingerprint density at radius 3 is 2.75 bits per heavy atom. The van der Waals surface area contributed by atoms with Crippen molar-refractivity contribution in [2.75, 3.05) is 5.32 Å². The van der Waals surface area contributed by atoms with Crippen LogP contribution in [0.3, 0.4) is 0 Å². The molecular formula is C17H14ClN3O3. The molecule has 2 aromatic heterocycles. The van der Waals surface area contributed by atoms with E-state index in [1.165, 1.54) is 6.20 Å². The van der Waals surface area contributed by atoms with Gasteiger partial charge in [0.05, 0.1) is 10.6 Å². The molecule has 0 saturated heterocycles. The van der Waals surface area contributed by atoms with E-state index < -0.39 is 5.91 Å². The van der Waals surface area contributed by atoms with Crippen molar-refractivity contribution in [2.45, 2.75) is 13.5 Å². The topological polar surface area (TPSA) is 77.3 Å². The maximum Gasteiger partial charge on any atom is 0.279 e. The number of aromatic nitrogens is 2. The largest absolute Gasteiger partial charge is 0.489 e. The second-order valence-corrected chi connectivity index (χ2v) is 5.42. The van der Waals surface area contributed by atoms with E-state index in [1.807, 2.05) is 30.3 Å². The summed E-state index contributed by atoms with van der Waals surface area (Å²) >= 11 is 5.77. The zero-order valence-corrected chi connectivity index (χ0v) is 13.6. The lowest BCUT2D eigenvalue weighted by Gasteiger charge is -2.07. The number of rotatable bonds is 5. The van der Waals surface area contributed by atoms with E-state index in [-0.39, 0.29) is 12.3 Å². The van der Waals surface area contributed by atoms with Crippen molar-refractivity contribution in [3.63, 3.8) is 0 Å². The van der Waals surface area contributed by atoms with Crippen molar-refractivity contribution in [3.8, 4) is 5.75 Å². The van der Waals surface area contributed by atoms with Crippen LogP contribution in [0.25, 0.3) is 0 Å². The van der Waals surface area contributed by atoms with E-state index in [4.69, 9.17) is 20.9 Å². The van der Waals surface area contributed by atoms with Gasteiger partial charge in [0.2, 0.25) is 0 Å². The van der Waals surface area contributed by atoms with Gasteiger partial charge in [-0.1, -0.05) is 35.0 Å². The fourth-order valence-electron chi connectivity index (χ4n) is 2.04. The Morgan fingerprint density at radius 1 is 1.25 bits per heavy atom. The lowest BCUT2D eigenvalue weighted by molar-refractivity contribution is 0.101. The minimum atomic E-state index is -0.423. The van der Waals surface area contributed by atoms with Crippen LogP contribution in [0, 0.1) is 6.92 Å². The Morgan fingerprint density at radius 2 is 2.04 bits per heavy atom. The maximum atomic E-state index is 12.4. The summed E-state index contributed by atoms with van der Waals surface area (Å²) in [5.41, 5.74) is 0.755. The van der Waals surface area contributed by atoms with E-state index in [0.29, 0.717) is 27.9 Å². The molecule has 7 heteroatoms. The molecule has 0 saturated carbocycles. The highest BCUT2D eigenvalue weighted by atomic mass is 35.5. The standard InChI is InChI=1S/C17H14ClN3O3/c1-11-14(10-23-13-5-3-2-4-6-13)16(21-24-11)17(22)20-15-8-7-12(18)9-19-15/h2-9H,10H2,1H3,(H,19,20,22). The molecule has 0 radical (unpaired) electrons. The monoisotopic (exact) mass is 343 g/mol. The summed E-state index contributed by atoms with van der Waals surface area (Å²) in [6.07, 6.45) is 1.45. The molecule has 1 aromatic carbocycles. The number of halogens is 1. The Kier molecular flexibility index (Phi) is 4.77. The SMILES string of the molecule is Cc1onc(C(=O)Nc2ccc(Cl)cn2)c1COc1ccccc1. The number of nitrogens with one attached hydrogen (secondary N) is 1. The third-order valence-electron chi connectivity index (χ3n) is 3.30. The quantitative estimate of drug-likeness (QED) is 0.761. The number of pyridine rings is 1. The normalized spacial score (nSPS) is 10.4. The van der Waals surface area contributed by atoms with Crippen LogP contribution in [0.2, 0.25) is 5.02 Å². The lowest BCUT2D eigenvalue weighted by atomic mass is 10.2. The molecule has 24 heavy (non-hydrogen) atoms. The molecule has 0 unspecified atom stereocenters. The van der Waals surface area contributed by atoms with Gasteiger partial charge < -0.3 is 14.6 Å². The predicted octanol–water partition coefficient (Wildman–Crippen LogP) is 3.86. The summed E-state index contributed by atoms with van der Waals surface area (Å²) < 4.78 is 10.8. The van der Waals surface area contributed by atoms with Gasteiger partial charge in [-0.05, 0) is 31.2 Å². The van der Waals surface area contributed by atoms with Gasteiger partial charge in [-0.15, -0.1) is 0 Å². The van der Waals surface area contributed by atoms with Crippen LogP contribution in [0.5, 0.6) is 5.75 Å².